The largest absolute Gasteiger partial charge is 0.338 e. The zero-order valence-corrected chi connectivity index (χ0v) is 20.9. The Bertz CT molecular complexity index is 1300. The van der Waals surface area contributed by atoms with E-state index in [0.717, 1.165) is 22.8 Å². The van der Waals surface area contributed by atoms with Gasteiger partial charge in [0.15, 0.2) is 0 Å². The first-order valence-corrected chi connectivity index (χ1v) is 13.9. The fourth-order valence-corrected chi connectivity index (χ4v) is 6.67. The van der Waals surface area contributed by atoms with E-state index in [2.05, 4.69) is 82.0 Å². The molecule has 3 aromatic rings. The summed E-state index contributed by atoms with van der Waals surface area (Å²) in [5.74, 6) is 0. The maximum Gasteiger partial charge on any atom is 0.0658 e. The molecule has 2 saturated carbocycles. The van der Waals surface area contributed by atoms with E-state index in [1.165, 1.54) is 86.3 Å². The van der Waals surface area contributed by atoms with Crippen LogP contribution in [0.5, 0.6) is 0 Å². The Morgan fingerprint density at radius 2 is 0.750 bits per heavy atom. The first kappa shape index (κ1) is 21.8. The van der Waals surface area contributed by atoms with Crippen LogP contribution in [0.1, 0.15) is 99.1 Å². The number of nitrogens with zero attached hydrogens (tertiary/aromatic N) is 4. The molecule has 3 aromatic heterocycles. The van der Waals surface area contributed by atoms with Crippen LogP contribution in [-0.2, 0) is 0 Å². The number of aromatic nitrogens is 4. The molecule has 0 spiro atoms. The van der Waals surface area contributed by atoms with Gasteiger partial charge in [0.2, 0.25) is 0 Å². The average Bonchev–Trinajstić information content (AvgIpc) is 3.70. The van der Waals surface area contributed by atoms with E-state index in [4.69, 9.17) is 9.97 Å². The molecule has 0 aromatic carbocycles. The van der Waals surface area contributed by atoms with Gasteiger partial charge in [-0.15, -0.1) is 0 Å². The Labute approximate surface area is 213 Å². The van der Waals surface area contributed by atoms with E-state index in [1.54, 1.807) is 0 Å². The minimum Gasteiger partial charge on any atom is -0.338 e. The topological polar surface area (TPSA) is 35.6 Å². The van der Waals surface area contributed by atoms with E-state index in [-0.39, 0.29) is 0 Å². The Morgan fingerprint density at radius 3 is 1.06 bits per heavy atom. The molecule has 2 aliphatic carbocycles. The lowest BCUT2D eigenvalue weighted by Gasteiger charge is -2.25. The molecular formula is C32H34N4. The van der Waals surface area contributed by atoms with Crippen LogP contribution in [0.15, 0.2) is 48.5 Å². The Kier molecular flexibility index (Phi) is 5.61. The van der Waals surface area contributed by atoms with Gasteiger partial charge in [-0.05, 0) is 98.5 Å². The number of fused-ring (bicyclic) bond motifs is 8. The van der Waals surface area contributed by atoms with Gasteiger partial charge in [0.1, 0.15) is 0 Å². The van der Waals surface area contributed by atoms with Crippen molar-refractivity contribution in [3.63, 3.8) is 0 Å². The lowest BCUT2D eigenvalue weighted by Crippen LogP contribution is -2.12. The summed E-state index contributed by atoms with van der Waals surface area (Å²) in [7, 11) is 0. The third-order valence-electron chi connectivity index (χ3n) is 8.39. The molecule has 2 fully saturated rings. The molecule has 4 nitrogen and oxygen atoms in total. The SMILES string of the molecule is C1=Cc2cc3ccc(cc4nc(cc5ccc(cc1n2)n5C1CCCCC1)C=C4)n3C1CCCCC1. The summed E-state index contributed by atoms with van der Waals surface area (Å²) in [6, 6.07) is 19.2. The van der Waals surface area contributed by atoms with Crippen molar-refractivity contribution in [3.05, 3.63) is 71.3 Å². The van der Waals surface area contributed by atoms with E-state index < -0.39 is 0 Å². The summed E-state index contributed by atoms with van der Waals surface area (Å²) < 4.78 is 5.08. The molecule has 0 N–H and O–H groups in total. The molecule has 7 rings (SSSR count). The van der Waals surface area contributed by atoms with Crippen LogP contribution in [0.4, 0.5) is 0 Å². The lowest BCUT2D eigenvalue weighted by atomic mass is 9.95. The van der Waals surface area contributed by atoms with Crippen molar-refractivity contribution in [3.8, 4) is 0 Å². The quantitative estimate of drug-likeness (QED) is 0.257. The van der Waals surface area contributed by atoms with Gasteiger partial charge in [0.25, 0.3) is 0 Å². The fourth-order valence-electron chi connectivity index (χ4n) is 6.67. The molecule has 0 radical (unpaired) electrons. The van der Waals surface area contributed by atoms with E-state index >= 15 is 0 Å². The minimum atomic E-state index is 0.544. The van der Waals surface area contributed by atoms with Gasteiger partial charge in [-0.25, -0.2) is 9.97 Å². The van der Waals surface area contributed by atoms with Crippen LogP contribution < -0.4 is 0 Å². The van der Waals surface area contributed by atoms with Gasteiger partial charge >= 0.3 is 0 Å². The predicted molar refractivity (Wildman–Crippen MR) is 150 cm³/mol. The molecule has 0 amide bonds. The third-order valence-corrected chi connectivity index (χ3v) is 8.39. The van der Waals surface area contributed by atoms with Gasteiger partial charge in [0.05, 0.1) is 22.8 Å². The molecule has 2 aliphatic heterocycles. The highest BCUT2D eigenvalue weighted by atomic mass is 15.0. The van der Waals surface area contributed by atoms with Crippen molar-refractivity contribution in [1.29, 1.82) is 0 Å². The van der Waals surface area contributed by atoms with Gasteiger partial charge in [-0.3, -0.25) is 0 Å². The first-order valence-electron chi connectivity index (χ1n) is 13.9. The van der Waals surface area contributed by atoms with E-state index in [0.29, 0.717) is 12.1 Å². The van der Waals surface area contributed by atoms with Crippen molar-refractivity contribution in [1.82, 2.24) is 19.1 Å². The molecule has 4 heteroatoms. The van der Waals surface area contributed by atoms with Gasteiger partial charge < -0.3 is 9.13 Å². The summed E-state index contributed by atoms with van der Waals surface area (Å²) >= 11 is 0. The van der Waals surface area contributed by atoms with E-state index in [1.807, 2.05) is 0 Å². The van der Waals surface area contributed by atoms with Gasteiger partial charge in [0, 0.05) is 34.2 Å². The van der Waals surface area contributed by atoms with Crippen LogP contribution in [0.25, 0.3) is 46.4 Å². The summed E-state index contributed by atoms with van der Waals surface area (Å²) in [4.78, 5) is 10.0. The maximum atomic E-state index is 5.02. The maximum absolute atomic E-state index is 5.02. The second kappa shape index (κ2) is 9.24. The van der Waals surface area contributed by atoms with E-state index in [9.17, 15) is 0 Å². The van der Waals surface area contributed by atoms with Crippen LogP contribution in [0.2, 0.25) is 0 Å². The molecular weight excluding hydrogens is 440 g/mol. The monoisotopic (exact) mass is 474 g/mol. The first-order chi connectivity index (χ1) is 17.8. The highest BCUT2D eigenvalue weighted by Gasteiger charge is 2.19. The highest BCUT2D eigenvalue weighted by Crippen LogP contribution is 2.34. The van der Waals surface area contributed by atoms with Crippen molar-refractivity contribution < 1.29 is 0 Å². The smallest absolute Gasteiger partial charge is 0.0658 e. The molecule has 0 atom stereocenters. The molecule has 8 bridgehead atoms. The Balaban J connectivity index is 1.49. The number of rotatable bonds is 2. The molecule has 0 saturated heterocycles. The molecule has 4 aliphatic rings. The molecule has 182 valence electrons. The highest BCUT2D eigenvalue weighted by molar-refractivity contribution is 5.78. The molecule has 5 heterocycles. The number of hydrogen-bond acceptors (Lipinski definition) is 2. The van der Waals surface area contributed by atoms with Crippen LogP contribution >= 0.6 is 0 Å². The normalized spacial score (nSPS) is 18.7. The van der Waals surface area contributed by atoms with Crippen molar-refractivity contribution in [2.45, 2.75) is 76.3 Å². The second-order valence-electron chi connectivity index (χ2n) is 10.9. The van der Waals surface area contributed by atoms with Gasteiger partial charge in [-0.1, -0.05) is 38.5 Å². The summed E-state index contributed by atoms with van der Waals surface area (Å²) in [5, 5.41) is 0. The van der Waals surface area contributed by atoms with Crippen LogP contribution in [-0.4, -0.2) is 19.1 Å². The summed E-state index contributed by atoms with van der Waals surface area (Å²) in [6.07, 6.45) is 21.6. The van der Waals surface area contributed by atoms with Gasteiger partial charge in [-0.2, -0.15) is 0 Å². The van der Waals surface area contributed by atoms with Crippen LogP contribution in [0, 0.1) is 0 Å². The fraction of sp³-hybridized carbons (Fsp3) is 0.375. The lowest BCUT2D eigenvalue weighted by molar-refractivity contribution is 0.367. The van der Waals surface area contributed by atoms with Crippen molar-refractivity contribution in [2.75, 3.05) is 0 Å². The Morgan fingerprint density at radius 1 is 0.444 bits per heavy atom. The number of hydrogen-bond donors (Lipinski definition) is 0. The third kappa shape index (κ3) is 4.13. The second-order valence-corrected chi connectivity index (χ2v) is 10.9. The van der Waals surface area contributed by atoms with Crippen LogP contribution in [0.3, 0.4) is 0 Å². The summed E-state index contributed by atoms with van der Waals surface area (Å²) in [5.41, 5.74) is 9.12. The predicted octanol–water partition coefficient (Wildman–Crippen LogP) is 8.61. The zero-order valence-electron chi connectivity index (χ0n) is 20.9. The zero-order chi connectivity index (χ0) is 23.9. The standard InChI is InChI=1S/C32H34N4/c1-3-7-27(8-4-1)35-29-15-16-30(35)20-24-12-14-26(34-24)22-32-18-17-31(21-25-13-11-23(19-29)33-25)36(32)28-9-5-2-6-10-28/h11-22,27-28H,1-10H2. The summed E-state index contributed by atoms with van der Waals surface area (Å²) in [6.45, 7) is 0. The van der Waals surface area contributed by atoms with Crippen molar-refractivity contribution in [2.24, 2.45) is 0 Å². The average molecular weight is 475 g/mol. The van der Waals surface area contributed by atoms with Crippen molar-refractivity contribution >= 4 is 46.4 Å². The molecule has 0 unspecified atom stereocenters. The minimum absolute atomic E-state index is 0.544. The molecule has 36 heavy (non-hydrogen) atoms. The Hall–Kier alpha value is -3.40.